The predicted octanol–water partition coefficient (Wildman–Crippen LogP) is 0.695. The van der Waals surface area contributed by atoms with Crippen LogP contribution in [0.4, 0.5) is 0 Å². The first-order valence-corrected chi connectivity index (χ1v) is 8.50. The van der Waals surface area contributed by atoms with Crippen LogP contribution >= 0.6 is 12.4 Å². The maximum Gasteiger partial charge on any atom is 0.265 e. The largest absolute Gasteiger partial charge is 0.364 e. The van der Waals surface area contributed by atoms with Gasteiger partial charge >= 0.3 is 0 Å². The molecule has 132 valence electrons. The smallest absolute Gasteiger partial charge is 0.265 e. The highest BCUT2D eigenvalue weighted by molar-refractivity contribution is 7.89. The van der Waals surface area contributed by atoms with E-state index < -0.39 is 15.9 Å². The number of hydrogen-bond acceptors (Lipinski definition) is 4. The molecule has 0 fully saturated rings. The number of sulfonamides is 1. The molecule has 1 amide bonds. The highest BCUT2D eigenvalue weighted by Gasteiger charge is 2.26. The second-order valence-electron chi connectivity index (χ2n) is 5.15. The summed E-state index contributed by atoms with van der Waals surface area (Å²) < 4.78 is 28.3. The molecular formula is C15H21ClN4O3S. The van der Waals surface area contributed by atoms with E-state index in [1.807, 2.05) is 30.3 Å². The standard InChI is InChI=1S/C15H20N4O3S.ClH/c1-18-11-13(9-14(18)15(17)20)23(21,22)19(8-7-16)10-12-5-3-2-4-6-12;/h2-6,9,11H,7-8,10,16H2,1H3,(H2,17,20);1H. The zero-order chi connectivity index (χ0) is 17.0. The topological polar surface area (TPSA) is 111 Å². The molecule has 2 aromatic rings. The lowest BCUT2D eigenvalue weighted by atomic mass is 10.2. The van der Waals surface area contributed by atoms with Crippen molar-refractivity contribution in [2.75, 3.05) is 13.1 Å². The fraction of sp³-hybridized carbons (Fsp3) is 0.267. The van der Waals surface area contributed by atoms with Crippen LogP contribution in [0.1, 0.15) is 16.1 Å². The van der Waals surface area contributed by atoms with Gasteiger partial charge in [-0.25, -0.2) is 8.42 Å². The number of hydrogen-bond donors (Lipinski definition) is 2. The lowest BCUT2D eigenvalue weighted by Crippen LogP contribution is -2.34. The number of primary amides is 1. The molecule has 0 spiro atoms. The Balaban J connectivity index is 0.00000288. The Kier molecular flexibility index (Phi) is 6.97. The number of carbonyl (C=O) groups is 1. The fourth-order valence-corrected chi connectivity index (χ4v) is 3.80. The number of nitrogens with zero attached hydrogens (tertiary/aromatic N) is 2. The zero-order valence-electron chi connectivity index (χ0n) is 13.3. The van der Waals surface area contributed by atoms with Crippen molar-refractivity contribution in [1.29, 1.82) is 0 Å². The third-order valence-electron chi connectivity index (χ3n) is 3.45. The molecule has 0 saturated heterocycles. The van der Waals surface area contributed by atoms with Crippen LogP contribution in [0.3, 0.4) is 0 Å². The van der Waals surface area contributed by atoms with E-state index in [0.29, 0.717) is 0 Å². The average molecular weight is 373 g/mol. The number of carbonyl (C=O) groups excluding carboxylic acids is 1. The summed E-state index contributed by atoms with van der Waals surface area (Å²) >= 11 is 0. The first kappa shape index (κ1) is 20.2. The summed E-state index contributed by atoms with van der Waals surface area (Å²) in [4.78, 5) is 11.3. The number of halogens is 1. The molecule has 0 aliphatic rings. The quantitative estimate of drug-likeness (QED) is 0.744. The minimum Gasteiger partial charge on any atom is -0.364 e. The molecule has 0 radical (unpaired) electrons. The highest BCUT2D eigenvalue weighted by Crippen LogP contribution is 2.20. The number of amides is 1. The molecule has 0 unspecified atom stereocenters. The van der Waals surface area contributed by atoms with E-state index >= 15 is 0 Å². The number of benzene rings is 1. The van der Waals surface area contributed by atoms with Crippen molar-refractivity contribution in [2.24, 2.45) is 18.5 Å². The molecule has 0 atom stereocenters. The van der Waals surface area contributed by atoms with E-state index in [2.05, 4.69) is 0 Å². The first-order valence-electron chi connectivity index (χ1n) is 7.06. The molecule has 24 heavy (non-hydrogen) atoms. The van der Waals surface area contributed by atoms with Crippen molar-refractivity contribution in [3.8, 4) is 0 Å². The van der Waals surface area contributed by atoms with E-state index in [1.165, 1.54) is 21.1 Å². The van der Waals surface area contributed by atoms with Gasteiger partial charge in [-0.3, -0.25) is 4.79 Å². The van der Waals surface area contributed by atoms with Crippen LogP contribution < -0.4 is 11.5 Å². The summed E-state index contributed by atoms with van der Waals surface area (Å²) in [5, 5.41) is 0. The molecule has 0 saturated carbocycles. The molecule has 0 bridgehead atoms. The van der Waals surface area contributed by atoms with Crippen LogP contribution in [0, 0.1) is 0 Å². The van der Waals surface area contributed by atoms with Crippen molar-refractivity contribution < 1.29 is 13.2 Å². The van der Waals surface area contributed by atoms with Crippen LogP contribution in [0.15, 0.2) is 47.5 Å². The SMILES string of the molecule is Cl.Cn1cc(S(=O)(=O)N(CCN)Cc2ccccc2)cc1C(N)=O. The van der Waals surface area contributed by atoms with Gasteiger partial charge in [0.15, 0.2) is 0 Å². The maximum atomic E-state index is 12.8. The molecule has 0 aliphatic heterocycles. The zero-order valence-corrected chi connectivity index (χ0v) is 14.9. The molecule has 4 N–H and O–H groups in total. The van der Waals surface area contributed by atoms with Gasteiger partial charge in [0.25, 0.3) is 5.91 Å². The fourth-order valence-electron chi connectivity index (χ4n) is 2.28. The van der Waals surface area contributed by atoms with Gasteiger partial charge in [0, 0.05) is 32.9 Å². The summed E-state index contributed by atoms with van der Waals surface area (Å²) in [6, 6.07) is 10.5. The van der Waals surface area contributed by atoms with Gasteiger partial charge in [-0.2, -0.15) is 4.31 Å². The normalized spacial score (nSPS) is 11.3. The van der Waals surface area contributed by atoms with E-state index in [-0.39, 0.29) is 42.6 Å². The number of aryl methyl sites for hydroxylation is 1. The second-order valence-corrected chi connectivity index (χ2v) is 7.09. The molecule has 2 rings (SSSR count). The molecule has 1 heterocycles. The lowest BCUT2D eigenvalue weighted by Gasteiger charge is -2.21. The van der Waals surface area contributed by atoms with Gasteiger partial charge in [-0.15, -0.1) is 12.4 Å². The third kappa shape index (κ3) is 4.35. The van der Waals surface area contributed by atoms with E-state index in [9.17, 15) is 13.2 Å². The van der Waals surface area contributed by atoms with E-state index in [4.69, 9.17) is 11.5 Å². The lowest BCUT2D eigenvalue weighted by molar-refractivity contribution is 0.0992. The van der Waals surface area contributed by atoms with E-state index in [0.717, 1.165) is 5.56 Å². The van der Waals surface area contributed by atoms with Crippen LogP contribution in [0.5, 0.6) is 0 Å². The Labute approximate surface area is 147 Å². The van der Waals surface area contributed by atoms with Gasteiger partial charge in [0.1, 0.15) is 10.6 Å². The van der Waals surface area contributed by atoms with Crippen molar-refractivity contribution in [3.05, 3.63) is 53.9 Å². The summed E-state index contributed by atoms with van der Waals surface area (Å²) in [5.74, 6) is -0.678. The van der Waals surface area contributed by atoms with Crippen molar-refractivity contribution in [2.45, 2.75) is 11.4 Å². The summed E-state index contributed by atoms with van der Waals surface area (Å²) in [7, 11) is -2.20. The Morgan fingerprint density at radius 2 is 1.88 bits per heavy atom. The van der Waals surface area contributed by atoms with Crippen molar-refractivity contribution in [1.82, 2.24) is 8.87 Å². The number of nitrogens with two attached hydrogens (primary N) is 2. The molecule has 1 aromatic carbocycles. The molecular weight excluding hydrogens is 352 g/mol. The van der Waals surface area contributed by atoms with Gasteiger partial charge in [-0.05, 0) is 11.6 Å². The molecule has 7 nitrogen and oxygen atoms in total. The Morgan fingerprint density at radius 1 is 1.25 bits per heavy atom. The third-order valence-corrected chi connectivity index (χ3v) is 5.26. The van der Waals surface area contributed by atoms with Crippen LogP contribution in [-0.4, -0.2) is 36.3 Å². The van der Waals surface area contributed by atoms with Crippen LogP contribution in [0.25, 0.3) is 0 Å². The summed E-state index contributed by atoms with van der Waals surface area (Å²) in [5.41, 5.74) is 11.8. The summed E-state index contributed by atoms with van der Waals surface area (Å²) in [6.45, 7) is 0.584. The maximum absolute atomic E-state index is 12.8. The predicted molar refractivity (Wildman–Crippen MR) is 94.3 cm³/mol. The van der Waals surface area contributed by atoms with Gasteiger partial charge < -0.3 is 16.0 Å². The monoisotopic (exact) mass is 372 g/mol. The van der Waals surface area contributed by atoms with Crippen LogP contribution in [-0.2, 0) is 23.6 Å². The van der Waals surface area contributed by atoms with E-state index in [1.54, 1.807) is 7.05 Å². The summed E-state index contributed by atoms with van der Waals surface area (Å²) in [6.07, 6.45) is 1.38. The molecule has 0 aliphatic carbocycles. The van der Waals surface area contributed by atoms with Crippen LogP contribution in [0.2, 0.25) is 0 Å². The Hall–Kier alpha value is -1.87. The first-order chi connectivity index (χ1) is 10.9. The minimum absolute atomic E-state index is 0. The van der Waals surface area contributed by atoms with Crippen molar-refractivity contribution in [3.63, 3.8) is 0 Å². The van der Waals surface area contributed by atoms with Gasteiger partial charge in [0.2, 0.25) is 10.0 Å². The van der Waals surface area contributed by atoms with Crippen molar-refractivity contribution >= 4 is 28.3 Å². The average Bonchev–Trinajstić information content (AvgIpc) is 2.91. The van der Waals surface area contributed by atoms with Gasteiger partial charge in [0.05, 0.1) is 0 Å². The molecule has 1 aromatic heterocycles. The second kappa shape index (κ2) is 8.29. The highest BCUT2D eigenvalue weighted by atomic mass is 35.5. The van der Waals surface area contributed by atoms with Gasteiger partial charge in [-0.1, -0.05) is 30.3 Å². The molecule has 9 heteroatoms. The number of rotatable bonds is 7. The number of aromatic nitrogens is 1. The Bertz CT molecular complexity index is 790. The minimum atomic E-state index is -3.77. The Morgan fingerprint density at radius 3 is 2.38 bits per heavy atom.